The molecule has 0 radical (unpaired) electrons. The summed E-state index contributed by atoms with van der Waals surface area (Å²) < 4.78 is 33.1. The van der Waals surface area contributed by atoms with Gasteiger partial charge in [0.2, 0.25) is 5.91 Å². The van der Waals surface area contributed by atoms with E-state index < -0.39 is 17.2 Å². The zero-order valence-corrected chi connectivity index (χ0v) is 15.9. The summed E-state index contributed by atoms with van der Waals surface area (Å²) in [6.07, 6.45) is 4.54. The van der Waals surface area contributed by atoms with Crippen LogP contribution < -0.4 is 4.74 Å². The summed E-state index contributed by atoms with van der Waals surface area (Å²) in [4.78, 5) is 14.4. The number of aliphatic hydroxyl groups is 1. The standard InChI is InChI=1S/C21H27F2NO3/c1-20(26)9-14(10-20)19(25)24-11-21(12-24)5-3-13(4-6-21)16-7-15(27-2)8-17(22)18(16)23/h7-8,13-14,26H,3-6,9-12H2,1-2H3. The fraction of sp³-hybridized carbons (Fsp3) is 0.667. The summed E-state index contributed by atoms with van der Waals surface area (Å²) in [5.74, 6) is -1.16. The number of hydrogen-bond acceptors (Lipinski definition) is 3. The first-order valence-corrected chi connectivity index (χ1v) is 9.76. The number of carbonyl (C=O) groups is 1. The molecule has 1 N–H and O–H groups in total. The van der Waals surface area contributed by atoms with E-state index in [9.17, 15) is 18.7 Å². The van der Waals surface area contributed by atoms with Crippen molar-refractivity contribution in [3.63, 3.8) is 0 Å². The Hall–Kier alpha value is -1.69. The number of benzene rings is 1. The van der Waals surface area contributed by atoms with Gasteiger partial charge in [-0.05, 0) is 63.0 Å². The molecule has 1 aliphatic heterocycles. The number of hydrogen-bond donors (Lipinski definition) is 1. The highest BCUT2D eigenvalue weighted by molar-refractivity contribution is 5.81. The van der Waals surface area contributed by atoms with Crippen LogP contribution in [0.3, 0.4) is 0 Å². The minimum absolute atomic E-state index is 0.00768. The van der Waals surface area contributed by atoms with Gasteiger partial charge in [-0.25, -0.2) is 8.78 Å². The van der Waals surface area contributed by atoms with E-state index in [4.69, 9.17) is 4.74 Å². The van der Waals surface area contributed by atoms with Gasteiger partial charge >= 0.3 is 0 Å². The van der Waals surface area contributed by atoms with Gasteiger partial charge in [0, 0.05) is 30.5 Å². The molecule has 6 heteroatoms. The van der Waals surface area contributed by atoms with E-state index in [1.165, 1.54) is 7.11 Å². The van der Waals surface area contributed by atoms with Crippen LogP contribution in [0.2, 0.25) is 0 Å². The van der Waals surface area contributed by atoms with E-state index in [1.807, 2.05) is 4.90 Å². The molecule has 1 saturated heterocycles. The zero-order valence-electron chi connectivity index (χ0n) is 15.9. The predicted molar refractivity (Wildman–Crippen MR) is 96.5 cm³/mol. The molecule has 0 unspecified atom stereocenters. The van der Waals surface area contributed by atoms with Crippen LogP contribution >= 0.6 is 0 Å². The second-order valence-corrected chi connectivity index (χ2v) is 9.08. The molecule has 1 amide bonds. The lowest BCUT2D eigenvalue weighted by atomic mass is 9.63. The van der Waals surface area contributed by atoms with E-state index in [2.05, 4.69) is 0 Å². The van der Waals surface area contributed by atoms with E-state index in [0.29, 0.717) is 24.2 Å². The molecular formula is C21H27F2NO3. The highest BCUT2D eigenvalue weighted by atomic mass is 19.2. The van der Waals surface area contributed by atoms with E-state index >= 15 is 0 Å². The maximum atomic E-state index is 14.3. The molecular weight excluding hydrogens is 352 g/mol. The molecule has 3 fully saturated rings. The van der Waals surface area contributed by atoms with Crippen LogP contribution in [-0.4, -0.2) is 41.7 Å². The van der Waals surface area contributed by atoms with Gasteiger partial charge < -0.3 is 14.7 Å². The van der Waals surface area contributed by atoms with E-state index in [1.54, 1.807) is 13.0 Å². The maximum Gasteiger partial charge on any atom is 0.225 e. The molecule has 1 aromatic carbocycles. The SMILES string of the molecule is COc1cc(F)c(F)c(C2CCC3(CC2)CN(C(=O)C2CC(C)(O)C2)C3)c1. The van der Waals surface area contributed by atoms with Crippen molar-refractivity contribution in [2.75, 3.05) is 20.2 Å². The van der Waals surface area contributed by atoms with Crippen LogP contribution in [0.4, 0.5) is 8.78 Å². The quantitative estimate of drug-likeness (QED) is 0.873. The zero-order chi connectivity index (χ0) is 19.4. The molecule has 0 atom stereocenters. The fourth-order valence-corrected chi connectivity index (χ4v) is 5.21. The van der Waals surface area contributed by atoms with Crippen LogP contribution in [0.1, 0.15) is 56.9 Å². The van der Waals surface area contributed by atoms with Gasteiger partial charge in [-0.15, -0.1) is 0 Å². The Morgan fingerprint density at radius 1 is 1.22 bits per heavy atom. The number of rotatable bonds is 3. The summed E-state index contributed by atoms with van der Waals surface area (Å²) in [5, 5.41) is 9.83. The average Bonchev–Trinajstić information content (AvgIpc) is 2.59. The van der Waals surface area contributed by atoms with Gasteiger partial charge in [0.15, 0.2) is 11.6 Å². The van der Waals surface area contributed by atoms with E-state index in [0.717, 1.165) is 44.8 Å². The summed E-state index contributed by atoms with van der Waals surface area (Å²) in [6, 6.07) is 2.69. The van der Waals surface area contributed by atoms with Crippen LogP contribution in [0.15, 0.2) is 12.1 Å². The molecule has 27 heavy (non-hydrogen) atoms. The van der Waals surface area contributed by atoms with Gasteiger partial charge in [0.25, 0.3) is 0 Å². The predicted octanol–water partition coefficient (Wildman–Crippen LogP) is 3.62. The van der Waals surface area contributed by atoms with Crippen LogP contribution in [-0.2, 0) is 4.79 Å². The first kappa shape index (κ1) is 18.7. The lowest BCUT2D eigenvalue weighted by molar-refractivity contribution is -0.163. The molecule has 4 rings (SSSR count). The van der Waals surface area contributed by atoms with Crippen LogP contribution in [0.25, 0.3) is 0 Å². The van der Waals surface area contributed by atoms with Crippen molar-refractivity contribution in [2.24, 2.45) is 11.3 Å². The summed E-state index contributed by atoms with van der Waals surface area (Å²) in [6.45, 7) is 3.29. The fourth-order valence-electron chi connectivity index (χ4n) is 5.21. The summed E-state index contributed by atoms with van der Waals surface area (Å²) in [7, 11) is 1.45. The minimum Gasteiger partial charge on any atom is -0.497 e. The van der Waals surface area contributed by atoms with Crippen molar-refractivity contribution in [1.29, 1.82) is 0 Å². The van der Waals surface area contributed by atoms with Crippen molar-refractivity contribution >= 4 is 5.91 Å². The van der Waals surface area contributed by atoms with E-state index in [-0.39, 0.29) is 23.2 Å². The van der Waals surface area contributed by atoms with Crippen molar-refractivity contribution in [1.82, 2.24) is 4.90 Å². The Bertz CT molecular complexity index is 740. The molecule has 1 heterocycles. The molecule has 0 aromatic heterocycles. The van der Waals surface area contributed by atoms with Crippen LogP contribution in [0.5, 0.6) is 5.75 Å². The number of methoxy groups -OCH3 is 1. The Morgan fingerprint density at radius 3 is 2.41 bits per heavy atom. The second-order valence-electron chi connectivity index (χ2n) is 9.08. The van der Waals surface area contributed by atoms with Gasteiger partial charge in [-0.3, -0.25) is 4.79 Å². The normalized spacial score (nSPS) is 30.0. The highest BCUT2D eigenvalue weighted by Crippen LogP contribution is 2.50. The molecule has 2 saturated carbocycles. The largest absolute Gasteiger partial charge is 0.497 e. The van der Waals surface area contributed by atoms with Gasteiger partial charge in [-0.1, -0.05) is 0 Å². The monoisotopic (exact) mass is 379 g/mol. The smallest absolute Gasteiger partial charge is 0.225 e. The Labute approximate surface area is 158 Å². The molecule has 1 aromatic rings. The van der Waals surface area contributed by atoms with Gasteiger partial charge in [0.1, 0.15) is 5.75 Å². The number of halogens is 2. The molecule has 4 nitrogen and oxygen atoms in total. The second kappa shape index (κ2) is 6.43. The minimum atomic E-state index is -0.860. The summed E-state index contributed by atoms with van der Waals surface area (Å²) in [5.41, 5.74) is -0.144. The number of nitrogens with zero attached hydrogens (tertiary/aromatic N) is 1. The number of carbonyl (C=O) groups excluding carboxylic acids is 1. The molecule has 3 aliphatic rings. The van der Waals surface area contributed by atoms with Gasteiger partial charge in [0.05, 0.1) is 12.7 Å². The van der Waals surface area contributed by atoms with Crippen molar-refractivity contribution < 1.29 is 23.4 Å². The Morgan fingerprint density at radius 2 is 1.85 bits per heavy atom. The molecule has 0 bridgehead atoms. The lowest BCUT2D eigenvalue weighted by Crippen LogP contribution is -2.62. The Kier molecular flexibility index (Phi) is 4.45. The van der Waals surface area contributed by atoms with Gasteiger partial charge in [-0.2, -0.15) is 0 Å². The Balaban J connectivity index is 1.34. The number of ether oxygens (including phenoxy) is 1. The number of likely N-dealkylation sites (tertiary alicyclic amines) is 1. The third-order valence-corrected chi connectivity index (χ3v) is 6.84. The average molecular weight is 379 g/mol. The first-order valence-electron chi connectivity index (χ1n) is 9.76. The third-order valence-electron chi connectivity index (χ3n) is 6.84. The molecule has 148 valence electrons. The third kappa shape index (κ3) is 3.33. The van der Waals surface area contributed by atoms with Crippen LogP contribution in [0, 0.1) is 23.0 Å². The summed E-state index contributed by atoms with van der Waals surface area (Å²) >= 11 is 0. The van der Waals surface area contributed by atoms with Crippen molar-refractivity contribution in [3.05, 3.63) is 29.3 Å². The van der Waals surface area contributed by atoms with Crippen molar-refractivity contribution in [3.8, 4) is 5.75 Å². The molecule has 2 aliphatic carbocycles. The lowest BCUT2D eigenvalue weighted by Gasteiger charge is -2.55. The topological polar surface area (TPSA) is 49.8 Å². The highest BCUT2D eigenvalue weighted by Gasteiger charge is 2.51. The maximum absolute atomic E-state index is 14.3. The number of amides is 1. The van der Waals surface area contributed by atoms with Crippen molar-refractivity contribution in [2.45, 2.75) is 57.0 Å². The molecule has 1 spiro atoms. The first-order chi connectivity index (χ1) is 12.7.